The first-order chi connectivity index (χ1) is 10.4. The van der Waals surface area contributed by atoms with E-state index in [0.29, 0.717) is 0 Å². The highest BCUT2D eigenvalue weighted by molar-refractivity contribution is 6.76. The van der Waals surface area contributed by atoms with E-state index in [9.17, 15) is 0 Å². The Hall–Kier alpha value is -0.263. The van der Waals surface area contributed by atoms with E-state index in [-0.39, 0.29) is 0 Å². The molecule has 128 valence electrons. The molecule has 2 unspecified atom stereocenters. The molecule has 1 aliphatic heterocycles. The predicted molar refractivity (Wildman–Crippen MR) is 103 cm³/mol. The van der Waals surface area contributed by atoms with Crippen LogP contribution in [0.3, 0.4) is 0 Å². The number of likely N-dealkylation sites (tertiary alicyclic amines) is 1. The average Bonchev–Trinajstić information content (AvgIpc) is 2.83. The Balaban J connectivity index is 2.62. The highest BCUT2D eigenvalue weighted by atomic mass is 28.3. The molecule has 1 nitrogen and oxygen atoms in total. The number of terminal acetylenes is 1. The smallest absolute Gasteiger partial charge is 0.100 e. The molecule has 0 aromatic rings. The van der Waals surface area contributed by atoms with Gasteiger partial charge in [-0.2, -0.15) is 0 Å². The predicted octanol–water partition coefficient (Wildman–Crippen LogP) is 5.69. The quantitative estimate of drug-likeness (QED) is 0.210. The van der Waals surface area contributed by atoms with E-state index in [1.807, 2.05) is 0 Å². The second kappa shape index (κ2) is 9.14. The van der Waals surface area contributed by atoms with Gasteiger partial charge in [0, 0.05) is 20.9 Å². The van der Waals surface area contributed by atoms with Crippen LogP contribution in [-0.4, -0.2) is 37.7 Å². The molecule has 1 fully saturated rings. The van der Waals surface area contributed by atoms with E-state index in [1.165, 1.54) is 68.6 Å². The Labute approximate surface area is 141 Å². The van der Waals surface area contributed by atoms with Gasteiger partial charge in [-0.3, -0.25) is 0 Å². The van der Waals surface area contributed by atoms with Crippen molar-refractivity contribution in [3.8, 4) is 12.3 Å². The maximum atomic E-state index is 5.68. The number of unbranched alkanes of at least 4 members (excludes halogenated alkanes) is 2. The molecule has 1 heterocycles. The number of nitrogens with zero attached hydrogens (tertiary/aromatic N) is 1. The lowest BCUT2D eigenvalue weighted by molar-refractivity contribution is -0.962. The summed E-state index contributed by atoms with van der Waals surface area (Å²) in [6.07, 6.45) is 16.3. The molecule has 0 bridgehead atoms. The van der Waals surface area contributed by atoms with Crippen molar-refractivity contribution in [3.63, 3.8) is 0 Å². The molecule has 2 heteroatoms. The Kier molecular flexibility index (Phi) is 8.21. The minimum atomic E-state index is -0.851. The highest BCUT2D eigenvalue weighted by Crippen LogP contribution is 2.35. The van der Waals surface area contributed by atoms with Gasteiger partial charge in [0.2, 0.25) is 0 Å². The normalized spacial score (nSPS) is 25.6. The minimum Gasteiger partial charge on any atom is -0.318 e. The number of hydrogen-bond acceptors (Lipinski definition) is 0. The molecule has 2 atom stereocenters. The van der Waals surface area contributed by atoms with Crippen LogP contribution < -0.4 is 0 Å². The molecule has 1 rings (SSSR count). The van der Waals surface area contributed by atoms with E-state index >= 15 is 0 Å². The molecular formula is C20H40NSi+. The van der Waals surface area contributed by atoms with Crippen LogP contribution in [0, 0.1) is 12.3 Å². The van der Waals surface area contributed by atoms with Crippen molar-refractivity contribution in [2.24, 2.45) is 0 Å². The summed E-state index contributed by atoms with van der Waals surface area (Å²) in [7, 11) is -0.851. The number of quaternary nitrogens is 1. The van der Waals surface area contributed by atoms with Gasteiger partial charge in [0.1, 0.15) is 6.04 Å². The lowest BCUT2D eigenvalue weighted by atomic mass is 10.0. The second-order valence-electron chi connectivity index (χ2n) is 8.60. The first kappa shape index (κ1) is 19.8. The fourth-order valence-electron chi connectivity index (χ4n) is 4.69. The molecule has 0 N–H and O–H groups in total. The van der Waals surface area contributed by atoms with Gasteiger partial charge in [-0.15, -0.1) is 12.3 Å². The standard InChI is InChI=1S/C20H40NSi/c1-7-14-20-15-13-17-21(20,19(8-2)9-3)16-11-10-12-18-22(4,5)6/h1,19-20H,8-18H2,2-6H3/q+1. The summed E-state index contributed by atoms with van der Waals surface area (Å²) in [6.45, 7) is 15.0. The molecule has 0 spiro atoms. The third-order valence-corrected chi connectivity index (χ3v) is 7.72. The lowest BCUT2D eigenvalue weighted by Gasteiger charge is -2.46. The molecule has 0 radical (unpaired) electrons. The van der Waals surface area contributed by atoms with Crippen molar-refractivity contribution in [2.75, 3.05) is 13.1 Å². The third-order valence-electron chi connectivity index (χ3n) is 5.86. The molecule has 0 saturated carbocycles. The van der Waals surface area contributed by atoms with Gasteiger partial charge in [-0.05, 0) is 25.7 Å². The summed E-state index contributed by atoms with van der Waals surface area (Å²) >= 11 is 0. The summed E-state index contributed by atoms with van der Waals surface area (Å²) in [5.41, 5.74) is 0. The number of hydrogen-bond donors (Lipinski definition) is 0. The molecule has 1 aliphatic rings. The van der Waals surface area contributed by atoms with Gasteiger partial charge in [-0.25, -0.2) is 0 Å². The molecule has 0 aliphatic carbocycles. The number of rotatable bonds is 10. The topological polar surface area (TPSA) is 0 Å². The first-order valence-electron chi connectivity index (χ1n) is 9.69. The van der Waals surface area contributed by atoms with Crippen LogP contribution in [0.2, 0.25) is 25.7 Å². The lowest BCUT2D eigenvalue weighted by Crippen LogP contribution is -2.58. The highest BCUT2D eigenvalue weighted by Gasteiger charge is 2.44. The summed E-state index contributed by atoms with van der Waals surface area (Å²) in [4.78, 5) is 0. The van der Waals surface area contributed by atoms with Gasteiger partial charge < -0.3 is 4.48 Å². The van der Waals surface area contributed by atoms with Gasteiger partial charge in [0.05, 0.1) is 25.6 Å². The fraction of sp³-hybridized carbons (Fsp3) is 0.900. The van der Waals surface area contributed by atoms with E-state index in [1.54, 1.807) is 0 Å². The van der Waals surface area contributed by atoms with Crippen LogP contribution in [0.5, 0.6) is 0 Å². The van der Waals surface area contributed by atoms with Crippen LogP contribution in [0.1, 0.15) is 65.2 Å². The van der Waals surface area contributed by atoms with Crippen LogP contribution >= 0.6 is 0 Å². The Bertz CT molecular complexity index is 348. The molecule has 0 aromatic heterocycles. The van der Waals surface area contributed by atoms with Crippen molar-refractivity contribution >= 4 is 8.07 Å². The second-order valence-corrected chi connectivity index (χ2v) is 14.2. The van der Waals surface area contributed by atoms with E-state index in [4.69, 9.17) is 6.42 Å². The van der Waals surface area contributed by atoms with E-state index < -0.39 is 8.07 Å². The summed E-state index contributed by atoms with van der Waals surface area (Å²) in [5.74, 6) is 2.98. The van der Waals surface area contributed by atoms with E-state index in [2.05, 4.69) is 39.4 Å². The van der Waals surface area contributed by atoms with Crippen LogP contribution in [0.15, 0.2) is 0 Å². The summed E-state index contributed by atoms with van der Waals surface area (Å²) in [6, 6.07) is 3.07. The Morgan fingerprint density at radius 1 is 1.14 bits per heavy atom. The third kappa shape index (κ3) is 5.43. The van der Waals surface area contributed by atoms with Gasteiger partial charge in [0.25, 0.3) is 0 Å². The first-order valence-corrected chi connectivity index (χ1v) is 13.4. The fourth-order valence-corrected chi connectivity index (χ4v) is 6.00. The molecule has 0 aromatic carbocycles. The van der Waals surface area contributed by atoms with E-state index in [0.717, 1.165) is 18.5 Å². The summed E-state index contributed by atoms with van der Waals surface area (Å²) in [5, 5.41) is 0. The molecular weight excluding hydrogens is 282 g/mol. The van der Waals surface area contributed by atoms with Crippen molar-refractivity contribution in [3.05, 3.63) is 0 Å². The van der Waals surface area contributed by atoms with Crippen LogP contribution in [-0.2, 0) is 0 Å². The van der Waals surface area contributed by atoms with Crippen LogP contribution in [0.4, 0.5) is 0 Å². The zero-order valence-corrected chi connectivity index (χ0v) is 17.0. The average molecular weight is 323 g/mol. The van der Waals surface area contributed by atoms with Gasteiger partial charge in [0.15, 0.2) is 0 Å². The molecule has 1 saturated heterocycles. The Morgan fingerprint density at radius 3 is 2.36 bits per heavy atom. The van der Waals surface area contributed by atoms with Crippen molar-refractivity contribution in [2.45, 2.75) is 103 Å². The zero-order chi connectivity index (χ0) is 16.6. The maximum absolute atomic E-state index is 5.68. The summed E-state index contributed by atoms with van der Waals surface area (Å²) < 4.78 is 1.35. The Morgan fingerprint density at radius 2 is 1.82 bits per heavy atom. The van der Waals surface area contributed by atoms with Crippen molar-refractivity contribution in [1.82, 2.24) is 0 Å². The molecule has 0 amide bonds. The minimum absolute atomic E-state index is 0.742. The largest absolute Gasteiger partial charge is 0.318 e. The zero-order valence-electron chi connectivity index (χ0n) is 16.0. The van der Waals surface area contributed by atoms with Crippen molar-refractivity contribution < 1.29 is 4.48 Å². The van der Waals surface area contributed by atoms with Crippen LogP contribution in [0.25, 0.3) is 0 Å². The SMILES string of the molecule is C#CCC1CCC[N+]1(CCCCC[Si](C)(C)C)C(CC)CC. The van der Waals surface area contributed by atoms with Crippen molar-refractivity contribution in [1.29, 1.82) is 0 Å². The van der Waals surface area contributed by atoms with Gasteiger partial charge >= 0.3 is 0 Å². The van der Waals surface area contributed by atoms with Gasteiger partial charge in [-0.1, -0.05) is 46.0 Å². The maximum Gasteiger partial charge on any atom is 0.100 e. The molecule has 22 heavy (non-hydrogen) atoms. The monoisotopic (exact) mass is 322 g/mol.